The van der Waals surface area contributed by atoms with Crippen LogP contribution in [0.5, 0.6) is 0 Å². The number of hydrogen-bond acceptors (Lipinski definition) is 3. The van der Waals surface area contributed by atoms with Crippen molar-refractivity contribution in [3.05, 3.63) is 22.4 Å². The lowest BCUT2D eigenvalue weighted by Crippen LogP contribution is -2.44. The maximum Gasteiger partial charge on any atom is 0.0768 e. The first-order valence-corrected chi connectivity index (χ1v) is 6.16. The molecule has 1 aliphatic rings. The van der Waals surface area contributed by atoms with E-state index < -0.39 is 0 Å². The molecule has 0 radical (unpaired) electrons. The largest absolute Gasteiger partial charge is 0.304 e. The number of nitrogens with zero attached hydrogens (tertiary/aromatic N) is 2. The molecule has 2 rings (SSSR count). The summed E-state index contributed by atoms with van der Waals surface area (Å²) in [5.74, 6) is 6.44. The van der Waals surface area contributed by atoms with Crippen LogP contribution in [0.2, 0.25) is 0 Å². The Balaban J connectivity index is 1.78. The second-order valence-electron chi connectivity index (χ2n) is 3.86. The Morgan fingerprint density at radius 1 is 1.33 bits per heavy atom. The van der Waals surface area contributed by atoms with E-state index in [1.807, 2.05) is 6.07 Å². The van der Waals surface area contributed by atoms with E-state index in [-0.39, 0.29) is 0 Å². The maximum absolute atomic E-state index is 3.24. The zero-order chi connectivity index (χ0) is 10.5. The van der Waals surface area contributed by atoms with Gasteiger partial charge in [0, 0.05) is 26.2 Å². The summed E-state index contributed by atoms with van der Waals surface area (Å²) in [5.41, 5.74) is 0. The molecule has 1 aromatic rings. The van der Waals surface area contributed by atoms with Gasteiger partial charge < -0.3 is 4.90 Å². The summed E-state index contributed by atoms with van der Waals surface area (Å²) in [7, 11) is 2.18. The summed E-state index contributed by atoms with van der Waals surface area (Å²) in [6.07, 6.45) is 0. The number of thiophene rings is 1. The number of hydrogen-bond donors (Lipinski definition) is 0. The third kappa shape index (κ3) is 3.35. The summed E-state index contributed by atoms with van der Waals surface area (Å²) < 4.78 is 0. The van der Waals surface area contributed by atoms with Crippen LogP contribution in [0.3, 0.4) is 0 Å². The lowest BCUT2D eigenvalue weighted by atomic mass is 10.3. The van der Waals surface area contributed by atoms with Crippen LogP contribution in [-0.4, -0.2) is 49.6 Å². The molecule has 2 nitrogen and oxygen atoms in total. The molecule has 2 heterocycles. The van der Waals surface area contributed by atoms with Gasteiger partial charge in [0.25, 0.3) is 0 Å². The minimum atomic E-state index is 0.908. The molecule has 0 aliphatic carbocycles. The molecule has 15 heavy (non-hydrogen) atoms. The van der Waals surface area contributed by atoms with Crippen LogP contribution in [0.15, 0.2) is 17.5 Å². The van der Waals surface area contributed by atoms with Crippen molar-refractivity contribution in [1.82, 2.24) is 9.80 Å². The van der Waals surface area contributed by atoms with Gasteiger partial charge in [-0.2, -0.15) is 0 Å². The van der Waals surface area contributed by atoms with Gasteiger partial charge in [0.1, 0.15) is 0 Å². The summed E-state index contributed by atoms with van der Waals surface area (Å²) in [5, 5.41) is 2.07. The second kappa shape index (κ2) is 5.32. The van der Waals surface area contributed by atoms with Crippen LogP contribution in [-0.2, 0) is 0 Å². The third-order valence-corrected chi connectivity index (χ3v) is 3.42. The first-order valence-electron chi connectivity index (χ1n) is 5.28. The molecule has 1 saturated heterocycles. The van der Waals surface area contributed by atoms with Crippen molar-refractivity contribution in [1.29, 1.82) is 0 Å². The number of likely N-dealkylation sites (N-methyl/N-ethyl adjacent to an activating group) is 1. The second-order valence-corrected chi connectivity index (χ2v) is 4.81. The summed E-state index contributed by atoms with van der Waals surface area (Å²) in [6.45, 7) is 5.54. The monoisotopic (exact) mass is 220 g/mol. The summed E-state index contributed by atoms with van der Waals surface area (Å²) in [4.78, 5) is 5.95. The first kappa shape index (κ1) is 10.7. The predicted molar refractivity (Wildman–Crippen MR) is 65.1 cm³/mol. The van der Waals surface area contributed by atoms with Crippen molar-refractivity contribution in [3.63, 3.8) is 0 Å². The normalized spacial score (nSPS) is 18.5. The number of piperazine rings is 1. The zero-order valence-corrected chi connectivity index (χ0v) is 9.89. The number of rotatable bonds is 1. The van der Waals surface area contributed by atoms with Crippen LogP contribution in [0.1, 0.15) is 4.88 Å². The van der Waals surface area contributed by atoms with E-state index in [1.165, 1.54) is 18.0 Å². The smallest absolute Gasteiger partial charge is 0.0768 e. The fraction of sp³-hybridized carbons (Fsp3) is 0.500. The minimum Gasteiger partial charge on any atom is -0.304 e. The van der Waals surface area contributed by atoms with Gasteiger partial charge in [-0.1, -0.05) is 17.9 Å². The Hall–Kier alpha value is -0.820. The van der Waals surface area contributed by atoms with E-state index in [0.717, 1.165) is 19.6 Å². The van der Waals surface area contributed by atoms with Crippen LogP contribution in [0, 0.1) is 11.8 Å². The Labute approximate surface area is 95.5 Å². The van der Waals surface area contributed by atoms with Gasteiger partial charge >= 0.3 is 0 Å². The molecule has 0 amide bonds. The fourth-order valence-corrected chi connectivity index (χ4v) is 2.19. The molecule has 1 fully saturated rings. The summed E-state index contributed by atoms with van der Waals surface area (Å²) in [6, 6.07) is 4.12. The molecule has 0 spiro atoms. The molecule has 1 aliphatic heterocycles. The van der Waals surface area contributed by atoms with E-state index >= 15 is 0 Å². The van der Waals surface area contributed by atoms with Crippen molar-refractivity contribution in [2.45, 2.75) is 0 Å². The van der Waals surface area contributed by atoms with Crippen molar-refractivity contribution >= 4 is 11.3 Å². The molecule has 80 valence electrons. The fourth-order valence-electron chi connectivity index (χ4n) is 1.59. The molecule has 0 saturated carbocycles. The van der Waals surface area contributed by atoms with Crippen LogP contribution >= 0.6 is 11.3 Å². The SMILES string of the molecule is CN1CCN(CC#Cc2cccs2)CC1. The Kier molecular flexibility index (Phi) is 3.79. The van der Waals surface area contributed by atoms with E-state index in [0.29, 0.717) is 0 Å². The third-order valence-electron chi connectivity index (χ3n) is 2.63. The topological polar surface area (TPSA) is 6.48 Å². The maximum atomic E-state index is 3.24. The Morgan fingerprint density at radius 2 is 2.13 bits per heavy atom. The van der Waals surface area contributed by atoms with Gasteiger partial charge in [-0.05, 0) is 18.5 Å². The molecule has 0 bridgehead atoms. The standard InChI is InChI=1S/C12H16N2S/c1-13-7-9-14(10-8-13)6-2-4-12-5-3-11-15-12/h3,5,11H,6-10H2,1H3. The van der Waals surface area contributed by atoms with Gasteiger partial charge in [0.15, 0.2) is 0 Å². The highest BCUT2D eigenvalue weighted by atomic mass is 32.1. The molecule has 0 N–H and O–H groups in total. The quantitative estimate of drug-likeness (QED) is 0.659. The van der Waals surface area contributed by atoms with E-state index in [9.17, 15) is 0 Å². The Morgan fingerprint density at radius 3 is 2.80 bits per heavy atom. The van der Waals surface area contributed by atoms with E-state index in [1.54, 1.807) is 11.3 Å². The Bertz CT molecular complexity index is 339. The summed E-state index contributed by atoms with van der Waals surface area (Å²) >= 11 is 1.71. The molecule has 0 aromatic carbocycles. The minimum absolute atomic E-state index is 0.908. The highest BCUT2D eigenvalue weighted by Crippen LogP contribution is 2.05. The molecule has 1 aromatic heterocycles. The van der Waals surface area contributed by atoms with E-state index in [4.69, 9.17) is 0 Å². The van der Waals surface area contributed by atoms with Crippen molar-refractivity contribution < 1.29 is 0 Å². The van der Waals surface area contributed by atoms with Crippen molar-refractivity contribution in [3.8, 4) is 11.8 Å². The van der Waals surface area contributed by atoms with Gasteiger partial charge in [-0.3, -0.25) is 4.90 Å². The van der Waals surface area contributed by atoms with Crippen LogP contribution in [0.25, 0.3) is 0 Å². The zero-order valence-electron chi connectivity index (χ0n) is 9.07. The lowest BCUT2D eigenvalue weighted by Gasteiger charge is -2.30. The molecule has 0 atom stereocenters. The lowest BCUT2D eigenvalue weighted by molar-refractivity contribution is 0.168. The molecular formula is C12H16N2S. The highest BCUT2D eigenvalue weighted by Gasteiger charge is 2.11. The van der Waals surface area contributed by atoms with Crippen molar-refractivity contribution in [2.24, 2.45) is 0 Å². The van der Waals surface area contributed by atoms with Crippen LogP contribution in [0.4, 0.5) is 0 Å². The average molecular weight is 220 g/mol. The van der Waals surface area contributed by atoms with Gasteiger partial charge in [-0.15, -0.1) is 11.3 Å². The average Bonchev–Trinajstić information content (AvgIpc) is 2.74. The van der Waals surface area contributed by atoms with Crippen molar-refractivity contribution in [2.75, 3.05) is 39.8 Å². The van der Waals surface area contributed by atoms with Gasteiger partial charge in [-0.25, -0.2) is 0 Å². The molecule has 0 unspecified atom stereocenters. The molecule has 3 heteroatoms. The molecular weight excluding hydrogens is 204 g/mol. The van der Waals surface area contributed by atoms with E-state index in [2.05, 4.69) is 40.1 Å². The first-order chi connectivity index (χ1) is 7.34. The van der Waals surface area contributed by atoms with Gasteiger partial charge in [0.2, 0.25) is 0 Å². The highest BCUT2D eigenvalue weighted by molar-refractivity contribution is 7.10. The van der Waals surface area contributed by atoms with Crippen LogP contribution < -0.4 is 0 Å². The van der Waals surface area contributed by atoms with Gasteiger partial charge in [0.05, 0.1) is 11.4 Å². The predicted octanol–water partition coefficient (Wildman–Crippen LogP) is 1.35.